The predicted molar refractivity (Wildman–Crippen MR) is 120 cm³/mol. The van der Waals surface area contributed by atoms with Gasteiger partial charge in [-0.2, -0.15) is 4.98 Å². The van der Waals surface area contributed by atoms with Gasteiger partial charge < -0.3 is 19.8 Å². The van der Waals surface area contributed by atoms with Crippen molar-refractivity contribution < 1.29 is 9.15 Å². The van der Waals surface area contributed by atoms with Crippen molar-refractivity contribution in [1.82, 2.24) is 14.9 Å². The summed E-state index contributed by atoms with van der Waals surface area (Å²) in [5.74, 6) is 3.04. The number of nitrogens with zero attached hydrogens (tertiary/aromatic N) is 3. The highest BCUT2D eigenvalue weighted by Crippen LogP contribution is 2.31. The van der Waals surface area contributed by atoms with E-state index in [4.69, 9.17) is 19.1 Å². The number of rotatable bonds is 9. The molecule has 2 heterocycles. The molecular formula is C23H31N5O2. The van der Waals surface area contributed by atoms with Gasteiger partial charge in [0, 0.05) is 25.6 Å². The van der Waals surface area contributed by atoms with E-state index in [9.17, 15) is 0 Å². The van der Waals surface area contributed by atoms with Gasteiger partial charge in [-0.25, -0.2) is 4.98 Å². The third-order valence-electron chi connectivity index (χ3n) is 5.88. The van der Waals surface area contributed by atoms with Crippen LogP contribution in [0.15, 0.2) is 41.0 Å². The molecule has 30 heavy (non-hydrogen) atoms. The van der Waals surface area contributed by atoms with Crippen LogP contribution in [-0.2, 0) is 4.74 Å². The molecule has 1 unspecified atom stereocenters. The van der Waals surface area contributed by atoms with Crippen LogP contribution in [0.2, 0.25) is 0 Å². The van der Waals surface area contributed by atoms with Crippen LogP contribution in [0.25, 0.3) is 10.9 Å². The van der Waals surface area contributed by atoms with Crippen molar-refractivity contribution in [3.8, 4) is 0 Å². The summed E-state index contributed by atoms with van der Waals surface area (Å²) in [5, 5.41) is 8.02. The average Bonchev–Trinajstić information content (AvgIpc) is 3.20. The molecular weight excluding hydrogens is 378 g/mol. The number of aromatic nitrogens is 2. The molecule has 0 spiro atoms. The molecule has 2 aromatic heterocycles. The maximum Gasteiger partial charge on any atom is 0.225 e. The summed E-state index contributed by atoms with van der Waals surface area (Å²) in [6.45, 7) is 3.63. The number of methoxy groups -OCH3 is 1. The summed E-state index contributed by atoms with van der Waals surface area (Å²) >= 11 is 0. The summed E-state index contributed by atoms with van der Waals surface area (Å²) in [5.41, 5.74) is 2.12. The molecule has 1 saturated carbocycles. The van der Waals surface area contributed by atoms with Gasteiger partial charge in [-0.05, 0) is 69.6 Å². The minimum Gasteiger partial charge on any atom is -0.468 e. The van der Waals surface area contributed by atoms with Gasteiger partial charge in [0.15, 0.2) is 0 Å². The first-order valence-corrected chi connectivity index (χ1v) is 10.5. The molecule has 0 saturated heterocycles. The number of benzene rings is 1. The summed E-state index contributed by atoms with van der Waals surface area (Å²) in [6, 6.07) is 10.3. The topological polar surface area (TPSA) is 75.5 Å². The van der Waals surface area contributed by atoms with Crippen molar-refractivity contribution >= 4 is 22.7 Å². The summed E-state index contributed by atoms with van der Waals surface area (Å²) in [4.78, 5) is 11.7. The quantitative estimate of drug-likeness (QED) is 0.551. The first-order valence-electron chi connectivity index (χ1n) is 10.5. The van der Waals surface area contributed by atoms with Crippen LogP contribution in [0.5, 0.6) is 0 Å². The Morgan fingerprint density at radius 2 is 2.03 bits per heavy atom. The van der Waals surface area contributed by atoms with E-state index in [1.54, 1.807) is 13.4 Å². The van der Waals surface area contributed by atoms with E-state index in [-0.39, 0.29) is 6.04 Å². The van der Waals surface area contributed by atoms with E-state index < -0.39 is 0 Å². The van der Waals surface area contributed by atoms with Crippen LogP contribution in [0.3, 0.4) is 0 Å². The third kappa shape index (κ3) is 4.57. The van der Waals surface area contributed by atoms with Crippen LogP contribution in [0, 0.1) is 12.8 Å². The number of fused-ring (bicyclic) bond motifs is 1. The van der Waals surface area contributed by atoms with Crippen molar-refractivity contribution in [1.29, 1.82) is 0 Å². The predicted octanol–water partition coefficient (Wildman–Crippen LogP) is 4.08. The Morgan fingerprint density at radius 1 is 1.20 bits per heavy atom. The molecule has 1 atom stereocenters. The monoisotopic (exact) mass is 409 g/mol. The van der Waals surface area contributed by atoms with E-state index in [2.05, 4.69) is 40.7 Å². The number of hydrogen-bond donors (Lipinski definition) is 2. The molecule has 3 aromatic rings. The molecule has 7 heteroatoms. The van der Waals surface area contributed by atoms with E-state index in [1.165, 1.54) is 5.56 Å². The lowest BCUT2D eigenvalue weighted by molar-refractivity contribution is 0.00562. The molecule has 0 bridgehead atoms. The molecule has 0 amide bonds. The number of hydrogen-bond acceptors (Lipinski definition) is 7. The largest absolute Gasteiger partial charge is 0.468 e. The molecule has 1 aromatic carbocycles. The Kier molecular flexibility index (Phi) is 6.20. The first-order chi connectivity index (χ1) is 14.5. The molecule has 7 nitrogen and oxygen atoms in total. The standard InChI is InChI=1S/C23H31N5O2/c1-15-7-8-18-19(10-15)26-23(25-14-20(28(2)3)21-6-5-9-30-21)27-22(18)24-13-16-11-17(12-16)29-4/h5-10,16-17,20H,11-14H2,1-4H3,(H2,24,25,26,27). The number of nitrogens with one attached hydrogen (secondary N) is 2. The van der Waals surface area contributed by atoms with Crippen LogP contribution >= 0.6 is 0 Å². The van der Waals surface area contributed by atoms with Crippen LogP contribution in [0.1, 0.15) is 30.2 Å². The first kappa shape index (κ1) is 20.6. The van der Waals surface area contributed by atoms with Gasteiger partial charge in [0.2, 0.25) is 5.95 Å². The van der Waals surface area contributed by atoms with E-state index >= 15 is 0 Å². The smallest absolute Gasteiger partial charge is 0.225 e. The van der Waals surface area contributed by atoms with Gasteiger partial charge in [-0.15, -0.1) is 0 Å². The second-order valence-corrected chi connectivity index (χ2v) is 8.37. The molecule has 1 aliphatic rings. The molecule has 1 aliphatic carbocycles. The SMILES string of the molecule is COC1CC(CNc2nc(NCC(c3ccco3)N(C)C)nc3cc(C)ccc23)C1. The summed E-state index contributed by atoms with van der Waals surface area (Å²) in [6.07, 6.45) is 4.32. The minimum atomic E-state index is 0.0918. The molecule has 0 aliphatic heterocycles. The fourth-order valence-corrected chi connectivity index (χ4v) is 3.93. The maximum absolute atomic E-state index is 5.61. The molecule has 1 fully saturated rings. The van der Waals surface area contributed by atoms with Gasteiger partial charge in [-0.3, -0.25) is 4.90 Å². The molecule has 4 rings (SSSR count). The highest BCUT2D eigenvalue weighted by Gasteiger charge is 2.28. The minimum absolute atomic E-state index is 0.0918. The second-order valence-electron chi connectivity index (χ2n) is 8.37. The van der Waals surface area contributed by atoms with Crippen molar-refractivity contribution in [2.75, 3.05) is 44.9 Å². The Balaban J connectivity index is 1.52. The van der Waals surface area contributed by atoms with E-state index in [0.717, 1.165) is 41.9 Å². The Bertz CT molecular complexity index is 967. The molecule has 0 radical (unpaired) electrons. The van der Waals surface area contributed by atoms with Gasteiger partial charge in [0.05, 0.1) is 23.9 Å². The average molecular weight is 410 g/mol. The number of ether oxygens (including phenoxy) is 1. The maximum atomic E-state index is 5.61. The summed E-state index contributed by atoms with van der Waals surface area (Å²) < 4.78 is 11.0. The highest BCUT2D eigenvalue weighted by molar-refractivity contribution is 5.90. The Morgan fingerprint density at radius 3 is 2.73 bits per heavy atom. The number of furan rings is 1. The lowest BCUT2D eigenvalue weighted by atomic mass is 9.82. The fraction of sp³-hybridized carbons (Fsp3) is 0.478. The fourth-order valence-electron chi connectivity index (χ4n) is 3.93. The zero-order valence-corrected chi connectivity index (χ0v) is 18.2. The number of aryl methyl sites for hydroxylation is 1. The normalized spacial score (nSPS) is 19.6. The van der Waals surface area contributed by atoms with E-state index in [1.807, 2.05) is 26.2 Å². The summed E-state index contributed by atoms with van der Waals surface area (Å²) in [7, 11) is 5.87. The van der Waals surface area contributed by atoms with Crippen molar-refractivity contribution in [3.63, 3.8) is 0 Å². The Hall–Kier alpha value is -2.64. The van der Waals surface area contributed by atoms with Crippen LogP contribution in [0.4, 0.5) is 11.8 Å². The highest BCUT2D eigenvalue weighted by atomic mass is 16.5. The van der Waals surface area contributed by atoms with Gasteiger partial charge in [0.1, 0.15) is 11.6 Å². The van der Waals surface area contributed by atoms with Crippen molar-refractivity contribution in [3.05, 3.63) is 47.9 Å². The molecule has 2 N–H and O–H groups in total. The lowest BCUT2D eigenvalue weighted by Crippen LogP contribution is -2.34. The second kappa shape index (κ2) is 9.02. The van der Waals surface area contributed by atoms with Crippen LogP contribution < -0.4 is 10.6 Å². The van der Waals surface area contributed by atoms with Gasteiger partial charge in [-0.1, -0.05) is 6.07 Å². The Labute approximate surface area is 177 Å². The zero-order chi connectivity index (χ0) is 21.1. The molecule has 160 valence electrons. The number of likely N-dealkylation sites (N-methyl/N-ethyl adjacent to an activating group) is 1. The number of anilines is 2. The van der Waals surface area contributed by atoms with Crippen LogP contribution in [-0.4, -0.2) is 55.3 Å². The van der Waals surface area contributed by atoms with Crippen molar-refractivity contribution in [2.45, 2.75) is 31.9 Å². The van der Waals surface area contributed by atoms with Gasteiger partial charge >= 0.3 is 0 Å². The van der Waals surface area contributed by atoms with Crippen molar-refractivity contribution in [2.24, 2.45) is 5.92 Å². The third-order valence-corrected chi connectivity index (χ3v) is 5.88. The lowest BCUT2D eigenvalue weighted by Gasteiger charge is -2.34. The van der Waals surface area contributed by atoms with E-state index in [0.29, 0.717) is 24.5 Å². The zero-order valence-electron chi connectivity index (χ0n) is 18.2. The van der Waals surface area contributed by atoms with Gasteiger partial charge in [0.25, 0.3) is 0 Å².